The number of anilines is 1. The number of ether oxygens (including phenoxy) is 3. The van der Waals surface area contributed by atoms with Crippen LogP contribution in [0.5, 0.6) is 11.5 Å². The van der Waals surface area contributed by atoms with Crippen molar-refractivity contribution in [2.45, 2.75) is 33.7 Å². The maximum Gasteiger partial charge on any atom is 0.341 e. The normalized spacial score (nSPS) is 13.4. The van der Waals surface area contributed by atoms with Gasteiger partial charge < -0.3 is 19.5 Å². The molecule has 7 nitrogen and oxygen atoms in total. The molecule has 0 atom stereocenters. The summed E-state index contributed by atoms with van der Waals surface area (Å²) < 4.78 is 16.2. The van der Waals surface area contributed by atoms with E-state index in [0.717, 1.165) is 42.2 Å². The molecule has 2 heterocycles. The number of amides is 1. The van der Waals surface area contributed by atoms with Crippen LogP contribution in [-0.2, 0) is 22.5 Å². The first-order valence-electron chi connectivity index (χ1n) is 10.2. The van der Waals surface area contributed by atoms with E-state index in [1.165, 1.54) is 11.3 Å². The van der Waals surface area contributed by atoms with E-state index in [9.17, 15) is 9.59 Å². The predicted molar refractivity (Wildman–Crippen MR) is 117 cm³/mol. The van der Waals surface area contributed by atoms with Crippen LogP contribution in [0.15, 0.2) is 24.3 Å². The number of rotatable bonds is 9. The summed E-state index contributed by atoms with van der Waals surface area (Å²) in [6.45, 7) is 9.16. The van der Waals surface area contributed by atoms with Gasteiger partial charge in [-0.2, -0.15) is 0 Å². The summed E-state index contributed by atoms with van der Waals surface area (Å²) in [4.78, 5) is 28.5. The monoisotopic (exact) mass is 432 g/mol. The lowest BCUT2D eigenvalue weighted by atomic mass is 10.0. The number of fused-ring (bicyclic) bond motifs is 1. The van der Waals surface area contributed by atoms with Crippen LogP contribution in [0, 0.1) is 0 Å². The molecule has 162 valence electrons. The molecule has 0 radical (unpaired) electrons. The van der Waals surface area contributed by atoms with Crippen molar-refractivity contribution in [3.05, 3.63) is 40.3 Å². The lowest BCUT2D eigenvalue weighted by molar-refractivity contribution is -0.118. The van der Waals surface area contributed by atoms with E-state index in [0.29, 0.717) is 29.5 Å². The van der Waals surface area contributed by atoms with Gasteiger partial charge in [0.15, 0.2) is 6.61 Å². The molecule has 2 aromatic rings. The zero-order valence-corrected chi connectivity index (χ0v) is 18.5. The predicted octanol–water partition coefficient (Wildman–Crippen LogP) is 3.72. The standard InChI is InChI=1S/C22H28N2O5S/c1-4-24-12-11-17-18(13-24)30-21(20(17)22(26)28-6-3)23-19(25)14-29-16-9-7-15(8-10-16)27-5-2/h7-10H,4-6,11-14H2,1-3H3,(H,23,25). The molecule has 0 bridgehead atoms. The molecule has 0 fully saturated rings. The molecule has 1 N–H and O–H groups in total. The molecule has 0 aliphatic carbocycles. The quantitative estimate of drug-likeness (QED) is 0.609. The molecule has 0 spiro atoms. The zero-order valence-electron chi connectivity index (χ0n) is 17.7. The Hall–Kier alpha value is -2.58. The first kappa shape index (κ1) is 22.1. The highest BCUT2D eigenvalue weighted by atomic mass is 32.1. The van der Waals surface area contributed by atoms with Crippen molar-refractivity contribution >= 4 is 28.2 Å². The largest absolute Gasteiger partial charge is 0.494 e. The summed E-state index contributed by atoms with van der Waals surface area (Å²) in [6, 6.07) is 7.10. The Labute approximate surface area is 180 Å². The number of esters is 1. The summed E-state index contributed by atoms with van der Waals surface area (Å²) in [7, 11) is 0. The number of hydrogen-bond donors (Lipinski definition) is 1. The molecule has 30 heavy (non-hydrogen) atoms. The fraction of sp³-hybridized carbons (Fsp3) is 0.455. The summed E-state index contributed by atoms with van der Waals surface area (Å²) in [5, 5.41) is 3.39. The van der Waals surface area contributed by atoms with Crippen LogP contribution in [-0.4, -0.2) is 49.7 Å². The summed E-state index contributed by atoms with van der Waals surface area (Å²) in [6.07, 6.45) is 0.770. The van der Waals surface area contributed by atoms with Crippen molar-refractivity contribution in [2.24, 2.45) is 0 Å². The average Bonchev–Trinajstić information content (AvgIpc) is 3.10. The molecule has 1 aliphatic heterocycles. The van der Waals surface area contributed by atoms with Gasteiger partial charge in [0.05, 0.1) is 18.8 Å². The molecule has 0 unspecified atom stereocenters. The fourth-order valence-corrected chi connectivity index (χ4v) is 4.64. The van der Waals surface area contributed by atoms with E-state index in [-0.39, 0.29) is 18.5 Å². The van der Waals surface area contributed by atoms with Gasteiger partial charge in [-0.3, -0.25) is 9.69 Å². The smallest absolute Gasteiger partial charge is 0.341 e. The van der Waals surface area contributed by atoms with Crippen molar-refractivity contribution in [3.8, 4) is 11.5 Å². The molecular weight excluding hydrogens is 404 g/mol. The number of benzene rings is 1. The maximum atomic E-state index is 12.6. The molecular formula is C22H28N2O5S. The van der Waals surface area contributed by atoms with Gasteiger partial charge in [0, 0.05) is 18.0 Å². The molecule has 1 amide bonds. The second-order valence-corrected chi connectivity index (χ2v) is 7.89. The van der Waals surface area contributed by atoms with Crippen LogP contribution < -0.4 is 14.8 Å². The second-order valence-electron chi connectivity index (χ2n) is 6.79. The maximum absolute atomic E-state index is 12.6. The summed E-state index contributed by atoms with van der Waals surface area (Å²) in [5.41, 5.74) is 1.48. The van der Waals surface area contributed by atoms with Gasteiger partial charge in [-0.25, -0.2) is 4.79 Å². The Morgan fingerprint density at radius 1 is 1.07 bits per heavy atom. The lowest BCUT2D eigenvalue weighted by Gasteiger charge is -2.25. The number of carbonyl (C=O) groups is 2. The highest BCUT2D eigenvalue weighted by Crippen LogP contribution is 2.37. The van der Waals surface area contributed by atoms with Crippen LogP contribution in [0.2, 0.25) is 0 Å². The Morgan fingerprint density at radius 3 is 2.40 bits per heavy atom. The Bertz CT molecular complexity index is 878. The molecule has 0 saturated heterocycles. The van der Waals surface area contributed by atoms with Crippen LogP contribution >= 0.6 is 11.3 Å². The number of hydrogen-bond acceptors (Lipinski definition) is 7. The Balaban J connectivity index is 1.69. The Kier molecular flexibility index (Phi) is 7.70. The third-order valence-electron chi connectivity index (χ3n) is 4.82. The van der Waals surface area contributed by atoms with Gasteiger partial charge in [-0.15, -0.1) is 11.3 Å². The van der Waals surface area contributed by atoms with Crippen molar-refractivity contribution in [1.82, 2.24) is 4.90 Å². The van der Waals surface area contributed by atoms with Crippen LogP contribution in [0.25, 0.3) is 0 Å². The van der Waals surface area contributed by atoms with E-state index in [4.69, 9.17) is 14.2 Å². The van der Waals surface area contributed by atoms with Crippen molar-refractivity contribution in [1.29, 1.82) is 0 Å². The van der Waals surface area contributed by atoms with E-state index in [2.05, 4.69) is 17.1 Å². The number of nitrogens with one attached hydrogen (secondary N) is 1. The van der Waals surface area contributed by atoms with E-state index in [1.807, 2.05) is 6.92 Å². The first-order chi connectivity index (χ1) is 14.5. The highest BCUT2D eigenvalue weighted by molar-refractivity contribution is 7.17. The number of thiophene rings is 1. The van der Waals surface area contributed by atoms with Crippen LogP contribution in [0.1, 0.15) is 41.6 Å². The average molecular weight is 433 g/mol. The third kappa shape index (κ3) is 5.31. The zero-order chi connectivity index (χ0) is 21.5. The van der Waals surface area contributed by atoms with Crippen molar-refractivity contribution < 1.29 is 23.8 Å². The molecule has 1 aromatic heterocycles. The fourth-order valence-electron chi connectivity index (χ4n) is 3.34. The van der Waals surface area contributed by atoms with Crippen molar-refractivity contribution in [3.63, 3.8) is 0 Å². The summed E-state index contributed by atoms with van der Waals surface area (Å²) in [5.74, 6) is 0.616. The summed E-state index contributed by atoms with van der Waals surface area (Å²) >= 11 is 1.45. The minimum absolute atomic E-state index is 0.153. The molecule has 3 rings (SSSR count). The molecule has 1 aromatic carbocycles. The second kappa shape index (κ2) is 10.4. The molecule has 8 heteroatoms. The van der Waals surface area contributed by atoms with Crippen LogP contribution in [0.4, 0.5) is 5.00 Å². The van der Waals surface area contributed by atoms with Crippen molar-refractivity contribution in [2.75, 3.05) is 38.2 Å². The van der Waals surface area contributed by atoms with Gasteiger partial charge >= 0.3 is 5.97 Å². The minimum atomic E-state index is -0.386. The molecule has 0 saturated carbocycles. The van der Waals surface area contributed by atoms with E-state index >= 15 is 0 Å². The van der Waals surface area contributed by atoms with Gasteiger partial charge in [-0.1, -0.05) is 6.92 Å². The number of carbonyl (C=O) groups excluding carboxylic acids is 2. The van der Waals surface area contributed by atoms with Gasteiger partial charge in [-0.05, 0) is 56.6 Å². The van der Waals surface area contributed by atoms with E-state index in [1.54, 1.807) is 31.2 Å². The topological polar surface area (TPSA) is 77.1 Å². The van der Waals surface area contributed by atoms with Crippen LogP contribution in [0.3, 0.4) is 0 Å². The Morgan fingerprint density at radius 2 is 1.77 bits per heavy atom. The SMILES string of the molecule is CCOC(=O)c1c(NC(=O)COc2ccc(OCC)cc2)sc2c1CCN(CC)C2. The molecule has 1 aliphatic rings. The first-order valence-corrected chi connectivity index (χ1v) is 11.1. The minimum Gasteiger partial charge on any atom is -0.494 e. The highest BCUT2D eigenvalue weighted by Gasteiger charge is 2.29. The van der Waals surface area contributed by atoms with Gasteiger partial charge in [0.25, 0.3) is 5.91 Å². The lowest BCUT2D eigenvalue weighted by Crippen LogP contribution is -2.30. The number of nitrogens with zero attached hydrogens (tertiary/aromatic N) is 1. The van der Waals surface area contributed by atoms with Gasteiger partial charge in [0.1, 0.15) is 16.5 Å². The number of likely N-dealkylation sites (N-methyl/N-ethyl adjacent to an activating group) is 1. The van der Waals surface area contributed by atoms with E-state index < -0.39 is 0 Å². The third-order valence-corrected chi connectivity index (χ3v) is 5.95. The van der Waals surface area contributed by atoms with Gasteiger partial charge in [0.2, 0.25) is 0 Å².